The Morgan fingerprint density at radius 3 is 2.23 bits per heavy atom. The number of ether oxygens (including phenoxy) is 2. The van der Waals surface area contributed by atoms with Crippen molar-refractivity contribution in [1.82, 2.24) is 10.2 Å². The third-order valence-corrected chi connectivity index (χ3v) is 4.33. The Labute approximate surface area is 180 Å². The number of nitrogens with zero attached hydrogens (tertiary/aromatic N) is 2. The number of hydrogen-bond acceptors (Lipinski definition) is 4. The van der Waals surface area contributed by atoms with Crippen LogP contribution in [0, 0.1) is 6.92 Å². The summed E-state index contributed by atoms with van der Waals surface area (Å²) in [5, 5.41) is 8.38. The lowest BCUT2D eigenvalue weighted by atomic mass is 10.0. The van der Waals surface area contributed by atoms with E-state index in [-0.39, 0.29) is 5.75 Å². The standard InChI is InChI=1S/C22H19F3N2O2.C2H6/c1-14-11-17(9-7-15-5-4-6-18(12-15)28-2)26-27-21(14)19-10-8-16(22(23,24)25)13-20(19)29-3;1-2/h4-13H,1-3H3;1-2H3/b9-7+;. The van der Waals surface area contributed by atoms with Crippen molar-refractivity contribution in [1.29, 1.82) is 0 Å². The van der Waals surface area contributed by atoms with E-state index < -0.39 is 11.7 Å². The SMILES string of the molecule is CC.COc1cccc(/C=C/c2cc(C)c(-c3ccc(C(F)(F)F)cc3OC)nn2)c1. The van der Waals surface area contributed by atoms with Gasteiger partial charge in [-0.25, -0.2) is 0 Å². The highest BCUT2D eigenvalue weighted by Gasteiger charge is 2.31. The van der Waals surface area contributed by atoms with E-state index >= 15 is 0 Å². The molecule has 0 spiro atoms. The van der Waals surface area contributed by atoms with Crippen LogP contribution in [0.2, 0.25) is 0 Å². The summed E-state index contributed by atoms with van der Waals surface area (Å²) in [4.78, 5) is 0. The molecule has 0 N–H and O–H groups in total. The van der Waals surface area contributed by atoms with Gasteiger partial charge in [-0.3, -0.25) is 0 Å². The van der Waals surface area contributed by atoms with Crippen LogP contribution in [0.15, 0.2) is 48.5 Å². The number of aromatic nitrogens is 2. The van der Waals surface area contributed by atoms with E-state index in [4.69, 9.17) is 9.47 Å². The van der Waals surface area contributed by atoms with E-state index in [0.717, 1.165) is 29.0 Å². The van der Waals surface area contributed by atoms with Crippen LogP contribution in [-0.2, 0) is 6.18 Å². The molecule has 0 bridgehead atoms. The summed E-state index contributed by atoms with van der Waals surface area (Å²) in [6.45, 7) is 5.82. The summed E-state index contributed by atoms with van der Waals surface area (Å²) < 4.78 is 49.2. The second-order valence-corrected chi connectivity index (χ2v) is 6.32. The van der Waals surface area contributed by atoms with E-state index in [1.54, 1.807) is 7.11 Å². The summed E-state index contributed by atoms with van der Waals surface area (Å²) in [5.41, 5.74) is 2.48. The fourth-order valence-corrected chi connectivity index (χ4v) is 2.84. The molecule has 1 aromatic heterocycles. The third-order valence-electron chi connectivity index (χ3n) is 4.33. The molecule has 0 amide bonds. The summed E-state index contributed by atoms with van der Waals surface area (Å²) >= 11 is 0. The fraction of sp³-hybridized carbons (Fsp3) is 0.250. The van der Waals surface area contributed by atoms with Crippen LogP contribution < -0.4 is 9.47 Å². The van der Waals surface area contributed by atoms with Gasteiger partial charge in [0.15, 0.2) is 0 Å². The number of hydrogen-bond donors (Lipinski definition) is 0. The lowest BCUT2D eigenvalue weighted by Crippen LogP contribution is -2.06. The van der Waals surface area contributed by atoms with E-state index in [1.807, 2.05) is 63.3 Å². The largest absolute Gasteiger partial charge is 0.497 e. The van der Waals surface area contributed by atoms with Crippen molar-refractivity contribution in [3.05, 3.63) is 70.9 Å². The molecule has 7 heteroatoms. The minimum absolute atomic E-state index is 0.0943. The second kappa shape index (κ2) is 10.6. The molecule has 3 rings (SSSR count). The second-order valence-electron chi connectivity index (χ2n) is 6.32. The lowest BCUT2D eigenvalue weighted by Gasteiger charge is -2.13. The number of benzene rings is 2. The molecule has 3 aromatic rings. The van der Waals surface area contributed by atoms with Crippen LogP contribution in [-0.4, -0.2) is 24.4 Å². The molecule has 0 saturated heterocycles. The van der Waals surface area contributed by atoms with Gasteiger partial charge in [-0.15, -0.1) is 5.10 Å². The highest BCUT2D eigenvalue weighted by Crippen LogP contribution is 2.37. The van der Waals surface area contributed by atoms with Crippen molar-refractivity contribution < 1.29 is 22.6 Å². The first-order chi connectivity index (χ1) is 14.8. The van der Waals surface area contributed by atoms with Crippen LogP contribution in [0.4, 0.5) is 13.2 Å². The van der Waals surface area contributed by atoms with Crippen molar-refractivity contribution in [3.8, 4) is 22.8 Å². The molecular formula is C24H25F3N2O2. The monoisotopic (exact) mass is 430 g/mol. The average molecular weight is 430 g/mol. The molecule has 2 aromatic carbocycles. The molecule has 0 unspecified atom stereocenters. The molecule has 1 heterocycles. The maximum atomic E-state index is 12.9. The van der Waals surface area contributed by atoms with Gasteiger partial charge in [-0.05, 0) is 60.5 Å². The van der Waals surface area contributed by atoms with Crippen LogP contribution in [0.1, 0.15) is 36.2 Å². The van der Waals surface area contributed by atoms with Crippen molar-refractivity contribution in [3.63, 3.8) is 0 Å². The Morgan fingerprint density at radius 1 is 0.871 bits per heavy atom. The highest BCUT2D eigenvalue weighted by molar-refractivity contribution is 5.73. The topological polar surface area (TPSA) is 44.2 Å². The summed E-state index contributed by atoms with van der Waals surface area (Å²) in [5.74, 6) is 0.844. The molecule has 4 nitrogen and oxygen atoms in total. The molecule has 0 saturated carbocycles. The van der Waals surface area contributed by atoms with Gasteiger partial charge >= 0.3 is 6.18 Å². The predicted octanol–water partition coefficient (Wildman–Crippen LogP) is 6.68. The van der Waals surface area contributed by atoms with Gasteiger partial charge in [-0.1, -0.05) is 32.1 Å². The van der Waals surface area contributed by atoms with Gasteiger partial charge < -0.3 is 9.47 Å². The number of rotatable bonds is 5. The molecule has 0 radical (unpaired) electrons. The zero-order chi connectivity index (χ0) is 23.0. The highest BCUT2D eigenvalue weighted by atomic mass is 19.4. The Balaban J connectivity index is 0.00000166. The van der Waals surface area contributed by atoms with E-state index in [1.165, 1.54) is 13.2 Å². The first-order valence-corrected chi connectivity index (χ1v) is 9.74. The fourth-order valence-electron chi connectivity index (χ4n) is 2.84. The van der Waals surface area contributed by atoms with E-state index in [2.05, 4.69) is 10.2 Å². The molecule has 0 atom stereocenters. The number of halogens is 3. The molecule has 0 aliphatic rings. The van der Waals surface area contributed by atoms with Gasteiger partial charge in [0.25, 0.3) is 0 Å². The summed E-state index contributed by atoms with van der Waals surface area (Å²) in [6.07, 6.45) is -0.756. The zero-order valence-electron chi connectivity index (χ0n) is 18.1. The van der Waals surface area contributed by atoms with Gasteiger partial charge in [0, 0.05) is 5.56 Å². The van der Waals surface area contributed by atoms with Gasteiger partial charge in [-0.2, -0.15) is 18.3 Å². The van der Waals surface area contributed by atoms with Crippen LogP contribution in [0.25, 0.3) is 23.4 Å². The van der Waals surface area contributed by atoms with Crippen LogP contribution >= 0.6 is 0 Å². The van der Waals surface area contributed by atoms with Gasteiger partial charge in [0.05, 0.1) is 31.2 Å². The molecular weight excluding hydrogens is 405 g/mol. The Hall–Kier alpha value is -3.35. The number of alkyl halides is 3. The zero-order valence-corrected chi connectivity index (χ0v) is 18.1. The molecule has 0 aliphatic heterocycles. The van der Waals surface area contributed by atoms with Crippen LogP contribution in [0.5, 0.6) is 11.5 Å². The van der Waals surface area contributed by atoms with E-state index in [0.29, 0.717) is 17.0 Å². The number of aryl methyl sites for hydroxylation is 1. The maximum Gasteiger partial charge on any atom is 0.416 e. The molecule has 0 fully saturated rings. The maximum absolute atomic E-state index is 12.9. The van der Waals surface area contributed by atoms with Crippen LogP contribution in [0.3, 0.4) is 0 Å². The van der Waals surface area contributed by atoms with Crippen molar-refractivity contribution in [2.45, 2.75) is 26.9 Å². The Kier molecular flexibility index (Phi) is 8.19. The average Bonchev–Trinajstić information content (AvgIpc) is 2.78. The summed E-state index contributed by atoms with van der Waals surface area (Å²) in [7, 11) is 2.93. The van der Waals surface area contributed by atoms with Gasteiger partial charge in [0.1, 0.15) is 11.5 Å². The lowest BCUT2D eigenvalue weighted by molar-refractivity contribution is -0.137. The van der Waals surface area contributed by atoms with Gasteiger partial charge in [0.2, 0.25) is 0 Å². The number of methoxy groups -OCH3 is 2. The van der Waals surface area contributed by atoms with Crippen molar-refractivity contribution in [2.24, 2.45) is 0 Å². The van der Waals surface area contributed by atoms with E-state index in [9.17, 15) is 13.2 Å². The van der Waals surface area contributed by atoms with Crippen molar-refractivity contribution >= 4 is 12.2 Å². The van der Waals surface area contributed by atoms with Crippen molar-refractivity contribution in [2.75, 3.05) is 14.2 Å². The smallest absolute Gasteiger partial charge is 0.416 e. The summed E-state index contributed by atoms with van der Waals surface area (Å²) in [6, 6.07) is 12.7. The quantitative estimate of drug-likeness (QED) is 0.453. The minimum atomic E-state index is -4.44. The first kappa shape index (κ1) is 23.9. The molecule has 164 valence electrons. The Bertz CT molecular complexity index is 1050. The molecule has 0 aliphatic carbocycles. The Morgan fingerprint density at radius 2 is 1.61 bits per heavy atom. The normalized spacial score (nSPS) is 11.1. The third kappa shape index (κ3) is 6.07. The molecule has 31 heavy (non-hydrogen) atoms. The predicted molar refractivity (Wildman–Crippen MR) is 117 cm³/mol. The first-order valence-electron chi connectivity index (χ1n) is 9.74. The minimum Gasteiger partial charge on any atom is -0.497 e.